The van der Waals surface area contributed by atoms with Crippen molar-refractivity contribution in [3.8, 4) is 0 Å². The Kier molecular flexibility index (Phi) is 2.83. The van der Waals surface area contributed by atoms with Crippen LogP contribution < -0.4 is 0 Å². The van der Waals surface area contributed by atoms with Crippen molar-refractivity contribution in [3.63, 3.8) is 0 Å². The average Bonchev–Trinajstić information content (AvgIpc) is 2.10. The first-order chi connectivity index (χ1) is 4.61. The van der Waals surface area contributed by atoms with Crippen LogP contribution in [-0.4, -0.2) is 17.9 Å². The molecule has 0 aromatic heterocycles. The molecule has 0 N–H and O–H groups in total. The molecule has 0 amide bonds. The van der Waals surface area contributed by atoms with Crippen LogP contribution in [0.2, 0.25) is 0 Å². The van der Waals surface area contributed by atoms with Crippen LogP contribution in [0.15, 0.2) is 9.39 Å². The van der Waals surface area contributed by atoms with E-state index in [1.807, 2.05) is 11.9 Å². The first-order valence-electron chi connectivity index (χ1n) is 3.39. The molecule has 0 saturated heterocycles. The molecule has 0 spiro atoms. The van der Waals surface area contributed by atoms with E-state index in [0.717, 1.165) is 6.54 Å². The van der Waals surface area contributed by atoms with Gasteiger partial charge in [0.1, 0.15) is 0 Å². The van der Waals surface area contributed by atoms with Crippen LogP contribution in [0, 0.1) is 5.92 Å². The molecule has 3 heteroatoms. The highest BCUT2D eigenvalue weighted by molar-refractivity contribution is 9.11. The van der Waals surface area contributed by atoms with Crippen molar-refractivity contribution < 1.29 is 0 Å². The van der Waals surface area contributed by atoms with E-state index < -0.39 is 0 Å². The summed E-state index contributed by atoms with van der Waals surface area (Å²) in [5.74, 6) is 0.657. The second kappa shape index (κ2) is 3.28. The first kappa shape index (κ1) is 8.62. The normalized spacial score (nSPS) is 21.3. The van der Waals surface area contributed by atoms with Crippen LogP contribution >= 0.6 is 27.9 Å². The highest BCUT2D eigenvalue weighted by atomic mass is 79.9. The van der Waals surface area contributed by atoms with E-state index in [1.54, 1.807) is 0 Å². The van der Waals surface area contributed by atoms with Gasteiger partial charge in [0.25, 0.3) is 0 Å². The van der Waals surface area contributed by atoms with Gasteiger partial charge in [-0.2, -0.15) is 0 Å². The molecule has 0 saturated carbocycles. The van der Waals surface area contributed by atoms with E-state index in [2.05, 4.69) is 41.1 Å². The molecular formula is C7H12BrNS. The van der Waals surface area contributed by atoms with Gasteiger partial charge in [-0.15, -0.1) is 0 Å². The van der Waals surface area contributed by atoms with Crippen molar-refractivity contribution in [2.24, 2.45) is 5.92 Å². The number of hydrogen-bond acceptors (Lipinski definition) is 2. The van der Waals surface area contributed by atoms with Crippen LogP contribution in [0.4, 0.5) is 0 Å². The lowest BCUT2D eigenvalue weighted by Gasteiger charge is -2.07. The van der Waals surface area contributed by atoms with Crippen LogP contribution in [0.25, 0.3) is 0 Å². The van der Waals surface area contributed by atoms with Crippen molar-refractivity contribution in [1.82, 2.24) is 4.31 Å². The van der Waals surface area contributed by atoms with Crippen molar-refractivity contribution in [2.45, 2.75) is 13.8 Å². The molecule has 0 aliphatic carbocycles. The Hall–Kier alpha value is 0.530. The van der Waals surface area contributed by atoms with Gasteiger partial charge in [0.2, 0.25) is 0 Å². The molecule has 10 heavy (non-hydrogen) atoms. The highest BCUT2D eigenvalue weighted by Gasteiger charge is 2.19. The molecule has 1 aliphatic heterocycles. The number of hydrogen-bond donors (Lipinski definition) is 0. The third-order valence-electron chi connectivity index (χ3n) is 1.41. The Morgan fingerprint density at radius 3 is 2.40 bits per heavy atom. The highest BCUT2D eigenvalue weighted by Crippen LogP contribution is 2.38. The molecular weight excluding hydrogens is 210 g/mol. The minimum absolute atomic E-state index is 0.657. The standard InChI is InChI=1S/C7H12BrNS/c1-5(2)7-6(8)4-9(3)10-7/h5H,4H2,1-3H3. The first-order valence-corrected chi connectivity index (χ1v) is 4.95. The SMILES string of the molecule is CC(C)C1=C(Br)CN(C)S1. The maximum absolute atomic E-state index is 3.56. The van der Waals surface area contributed by atoms with Gasteiger partial charge >= 0.3 is 0 Å². The zero-order chi connectivity index (χ0) is 7.72. The Bertz CT molecular complexity index is 165. The van der Waals surface area contributed by atoms with Crippen LogP contribution in [0.5, 0.6) is 0 Å². The van der Waals surface area contributed by atoms with Crippen molar-refractivity contribution >= 4 is 27.9 Å². The van der Waals surface area contributed by atoms with E-state index in [4.69, 9.17) is 0 Å². The molecule has 0 aromatic carbocycles. The summed E-state index contributed by atoms with van der Waals surface area (Å²) in [5, 5.41) is 0. The van der Waals surface area contributed by atoms with Crippen molar-refractivity contribution in [2.75, 3.05) is 13.6 Å². The molecule has 0 aromatic rings. The fraction of sp³-hybridized carbons (Fsp3) is 0.714. The molecule has 0 atom stereocenters. The molecule has 1 nitrogen and oxygen atoms in total. The number of likely N-dealkylation sites (N-methyl/N-ethyl adjacent to an activating group) is 1. The van der Waals surface area contributed by atoms with Gasteiger partial charge in [0.15, 0.2) is 0 Å². The molecule has 1 heterocycles. The van der Waals surface area contributed by atoms with Crippen LogP contribution in [0.1, 0.15) is 13.8 Å². The summed E-state index contributed by atoms with van der Waals surface area (Å²) in [6.07, 6.45) is 0. The minimum Gasteiger partial charge on any atom is -0.245 e. The summed E-state index contributed by atoms with van der Waals surface area (Å²) in [7, 11) is 2.11. The van der Waals surface area contributed by atoms with Gasteiger partial charge in [-0.05, 0) is 24.9 Å². The quantitative estimate of drug-likeness (QED) is 0.627. The number of rotatable bonds is 1. The predicted molar refractivity (Wildman–Crippen MR) is 51.0 cm³/mol. The molecule has 0 unspecified atom stereocenters. The Labute approximate surface area is 75.1 Å². The predicted octanol–water partition coefficient (Wildman–Crippen LogP) is 2.84. The second-order valence-corrected chi connectivity index (χ2v) is 5.00. The minimum atomic E-state index is 0.657. The largest absolute Gasteiger partial charge is 0.245 e. The maximum Gasteiger partial charge on any atom is 0.0415 e. The van der Waals surface area contributed by atoms with Gasteiger partial charge in [-0.25, -0.2) is 4.31 Å². The second-order valence-electron chi connectivity index (χ2n) is 2.80. The van der Waals surface area contributed by atoms with Gasteiger partial charge in [-0.1, -0.05) is 29.8 Å². The number of nitrogens with zero attached hydrogens (tertiary/aromatic N) is 1. The zero-order valence-corrected chi connectivity index (χ0v) is 8.92. The molecule has 0 fully saturated rings. The summed E-state index contributed by atoms with van der Waals surface area (Å²) >= 11 is 5.41. The van der Waals surface area contributed by atoms with Gasteiger partial charge < -0.3 is 0 Å². The van der Waals surface area contributed by atoms with Gasteiger partial charge in [0, 0.05) is 15.9 Å². The summed E-state index contributed by atoms with van der Waals surface area (Å²) in [6.45, 7) is 5.50. The lowest BCUT2D eigenvalue weighted by atomic mass is 10.2. The summed E-state index contributed by atoms with van der Waals surface area (Å²) in [4.78, 5) is 1.47. The van der Waals surface area contributed by atoms with E-state index in [0.29, 0.717) is 5.92 Å². The fourth-order valence-corrected chi connectivity index (χ4v) is 3.06. The molecule has 58 valence electrons. The number of allylic oxidation sites excluding steroid dienone is 1. The van der Waals surface area contributed by atoms with E-state index in [1.165, 1.54) is 9.39 Å². The Morgan fingerprint density at radius 1 is 1.60 bits per heavy atom. The van der Waals surface area contributed by atoms with E-state index in [-0.39, 0.29) is 0 Å². The summed E-state index contributed by atoms with van der Waals surface area (Å²) in [6, 6.07) is 0. The zero-order valence-electron chi connectivity index (χ0n) is 6.52. The maximum atomic E-state index is 3.56. The van der Waals surface area contributed by atoms with Gasteiger partial charge in [-0.3, -0.25) is 0 Å². The van der Waals surface area contributed by atoms with Crippen molar-refractivity contribution in [1.29, 1.82) is 0 Å². The topological polar surface area (TPSA) is 3.24 Å². The lowest BCUT2D eigenvalue weighted by Crippen LogP contribution is -2.03. The Morgan fingerprint density at radius 2 is 2.20 bits per heavy atom. The summed E-state index contributed by atoms with van der Waals surface area (Å²) < 4.78 is 3.59. The molecule has 0 bridgehead atoms. The third kappa shape index (κ3) is 1.77. The molecule has 0 radical (unpaired) electrons. The smallest absolute Gasteiger partial charge is 0.0415 e. The van der Waals surface area contributed by atoms with Gasteiger partial charge in [0.05, 0.1) is 0 Å². The fourth-order valence-electron chi connectivity index (χ4n) is 0.942. The van der Waals surface area contributed by atoms with Crippen molar-refractivity contribution in [3.05, 3.63) is 9.39 Å². The van der Waals surface area contributed by atoms with E-state index in [9.17, 15) is 0 Å². The Balaban J connectivity index is 2.66. The molecule has 1 aliphatic rings. The lowest BCUT2D eigenvalue weighted by molar-refractivity contribution is 0.647. The number of halogens is 1. The van der Waals surface area contributed by atoms with E-state index >= 15 is 0 Å². The average molecular weight is 222 g/mol. The molecule has 1 rings (SSSR count). The van der Waals surface area contributed by atoms with Crippen LogP contribution in [-0.2, 0) is 0 Å². The third-order valence-corrected chi connectivity index (χ3v) is 3.70. The summed E-state index contributed by atoms with van der Waals surface area (Å²) in [5.41, 5.74) is 0. The van der Waals surface area contributed by atoms with Crippen LogP contribution in [0.3, 0.4) is 0 Å². The monoisotopic (exact) mass is 221 g/mol.